The van der Waals surface area contributed by atoms with E-state index in [1.807, 2.05) is 24.0 Å². The van der Waals surface area contributed by atoms with Gasteiger partial charge in [-0.1, -0.05) is 42.5 Å². The van der Waals surface area contributed by atoms with Gasteiger partial charge in [-0.15, -0.1) is 0 Å². The van der Waals surface area contributed by atoms with Crippen LogP contribution < -0.4 is 0 Å². The summed E-state index contributed by atoms with van der Waals surface area (Å²) in [6.07, 6.45) is 1.63. The molecule has 0 N–H and O–H groups in total. The van der Waals surface area contributed by atoms with Crippen LogP contribution in [-0.4, -0.2) is 34.7 Å². The molecule has 0 saturated carbocycles. The minimum absolute atomic E-state index is 0.0104. The van der Waals surface area contributed by atoms with Gasteiger partial charge in [0.25, 0.3) is 0 Å². The van der Waals surface area contributed by atoms with E-state index >= 15 is 0 Å². The molecule has 2 aromatic rings. The predicted octanol–water partition coefficient (Wildman–Crippen LogP) is 3.71. The summed E-state index contributed by atoms with van der Waals surface area (Å²) in [6, 6.07) is 14.2. The highest BCUT2D eigenvalue weighted by molar-refractivity contribution is 5.85. The normalized spacial score (nSPS) is 22.1. The first kappa shape index (κ1) is 18.7. The highest BCUT2D eigenvalue weighted by Crippen LogP contribution is 2.39. The first-order chi connectivity index (χ1) is 13.6. The maximum Gasteiger partial charge on any atom is 0.228 e. The number of hydrogen-bond acceptors (Lipinski definition) is 2. The van der Waals surface area contributed by atoms with Gasteiger partial charge in [-0.3, -0.25) is 9.59 Å². The molecule has 2 aliphatic heterocycles. The summed E-state index contributed by atoms with van der Waals surface area (Å²) in [5.74, 6) is -0.764. The Hall–Kier alpha value is -2.69. The molecule has 0 aliphatic carbocycles. The van der Waals surface area contributed by atoms with Crippen LogP contribution in [0, 0.1) is 11.7 Å². The number of carbonyl (C=O) groups is 2. The molecule has 0 aromatic heterocycles. The van der Waals surface area contributed by atoms with E-state index in [1.165, 1.54) is 17.2 Å². The summed E-state index contributed by atoms with van der Waals surface area (Å²) >= 11 is 0. The number of nitrogens with zero attached hydrogens (tertiary/aromatic N) is 2. The molecule has 2 heterocycles. The monoisotopic (exact) mass is 380 g/mol. The highest BCUT2D eigenvalue weighted by atomic mass is 19.1. The van der Waals surface area contributed by atoms with Crippen molar-refractivity contribution < 1.29 is 14.0 Å². The average Bonchev–Trinajstić information content (AvgIpc) is 2.73. The fourth-order valence-corrected chi connectivity index (χ4v) is 4.60. The topological polar surface area (TPSA) is 40.6 Å². The second-order valence-corrected chi connectivity index (χ2v) is 7.57. The van der Waals surface area contributed by atoms with Gasteiger partial charge in [0.1, 0.15) is 5.82 Å². The van der Waals surface area contributed by atoms with Crippen molar-refractivity contribution in [3.05, 3.63) is 71.0 Å². The maximum atomic E-state index is 14.6. The van der Waals surface area contributed by atoms with E-state index in [9.17, 15) is 14.0 Å². The van der Waals surface area contributed by atoms with Crippen LogP contribution in [0.5, 0.6) is 0 Å². The molecule has 2 amide bonds. The Morgan fingerprint density at radius 2 is 1.79 bits per heavy atom. The number of amides is 2. The average molecular weight is 380 g/mol. The molecular weight excluding hydrogens is 355 g/mol. The van der Waals surface area contributed by atoms with Gasteiger partial charge >= 0.3 is 0 Å². The fraction of sp³-hybridized carbons (Fsp3) is 0.391. The summed E-state index contributed by atoms with van der Waals surface area (Å²) < 4.78 is 14.6. The van der Waals surface area contributed by atoms with Crippen LogP contribution in [0.4, 0.5) is 4.39 Å². The number of piperidine rings is 1. The van der Waals surface area contributed by atoms with E-state index in [-0.39, 0.29) is 17.6 Å². The molecule has 1 saturated heterocycles. The molecule has 4 rings (SSSR count). The first-order valence-electron chi connectivity index (χ1n) is 9.99. The number of carbonyl (C=O) groups excluding carboxylic acids is 2. The van der Waals surface area contributed by atoms with Crippen molar-refractivity contribution in [2.45, 2.75) is 38.8 Å². The van der Waals surface area contributed by atoms with E-state index in [0.717, 1.165) is 6.42 Å². The quantitative estimate of drug-likeness (QED) is 0.814. The molecular formula is C23H25FN2O2. The van der Waals surface area contributed by atoms with Gasteiger partial charge in [0.05, 0.1) is 12.0 Å². The lowest BCUT2D eigenvalue weighted by atomic mass is 9.82. The second-order valence-electron chi connectivity index (χ2n) is 7.57. The van der Waals surface area contributed by atoms with Crippen molar-refractivity contribution in [2.75, 3.05) is 13.1 Å². The number of rotatable bonds is 3. The molecule has 0 bridgehead atoms. The lowest BCUT2D eigenvalue weighted by Gasteiger charge is -2.42. The van der Waals surface area contributed by atoms with Gasteiger partial charge in [0.2, 0.25) is 11.8 Å². The molecule has 1 fully saturated rings. The molecule has 2 aromatic carbocycles. The van der Waals surface area contributed by atoms with Gasteiger partial charge < -0.3 is 9.80 Å². The zero-order valence-corrected chi connectivity index (χ0v) is 16.1. The largest absolute Gasteiger partial charge is 0.338 e. The van der Waals surface area contributed by atoms with Crippen LogP contribution in [0.15, 0.2) is 48.5 Å². The Bertz CT molecular complexity index is 898. The molecule has 0 unspecified atom stereocenters. The Morgan fingerprint density at radius 1 is 1.07 bits per heavy atom. The molecule has 2 atom stereocenters. The van der Waals surface area contributed by atoms with Crippen molar-refractivity contribution >= 4 is 11.8 Å². The van der Waals surface area contributed by atoms with Crippen molar-refractivity contribution in [3.8, 4) is 0 Å². The van der Waals surface area contributed by atoms with Crippen molar-refractivity contribution in [1.82, 2.24) is 9.80 Å². The third-order valence-corrected chi connectivity index (χ3v) is 6.03. The Balaban J connectivity index is 1.65. The first-order valence-corrected chi connectivity index (χ1v) is 9.99. The third-order valence-electron chi connectivity index (χ3n) is 6.03. The zero-order chi connectivity index (χ0) is 19.7. The van der Waals surface area contributed by atoms with Crippen LogP contribution in [0.3, 0.4) is 0 Å². The molecule has 28 heavy (non-hydrogen) atoms. The minimum Gasteiger partial charge on any atom is -0.338 e. The third kappa shape index (κ3) is 3.30. The van der Waals surface area contributed by atoms with Gasteiger partial charge in [-0.25, -0.2) is 4.39 Å². The van der Waals surface area contributed by atoms with E-state index in [4.69, 9.17) is 0 Å². The fourth-order valence-electron chi connectivity index (χ4n) is 4.60. The Labute approximate surface area is 164 Å². The van der Waals surface area contributed by atoms with E-state index < -0.39 is 12.0 Å². The van der Waals surface area contributed by atoms with Gasteiger partial charge in [0.15, 0.2) is 0 Å². The summed E-state index contributed by atoms with van der Waals surface area (Å²) in [4.78, 5) is 29.5. The molecule has 0 spiro atoms. The number of hydrogen-bond donors (Lipinski definition) is 0. The summed E-state index contributed by atoms with van der Waals surface area (Å²) in [6.45, 7) is 3.59. The Kier molecular flexibility index (Phi) is 5.16. The SMILES string of the molecule is CCN1C(=O)CC[C@@H](C(=O)N2CCc3ccccc3C2)[C@@H]1c1ccccc1F. The minimum atomic E-state index is -0.544. The molecule has 5 heteroatoms. The number of likely N-dealkylation sites (tertiary alicyclic amines) is 1. The van der Waals surface area contributed by atoms with E-state index in [2.05, 4.69) is 12.1 Å². The number of halogens is 1. The number of fused-ring (bicyclic) bond motifs is 1. The smallest absolute Gasteiger partial charge is 0.228 e. The molecule has 4 nitrogen and oxygen atoms in total. The van der Waals surface area contributed by atoms with Gasteiger partial charge in [-0.05, 0) is 37.0 Å². The predicted molar refractivity (Wildman–Crippen MR) is 105 cm³/mol. The van der Waals surface area contributed by atoms with Crippen LogP contribution in [0.25, 0.3) is 0 Å². The van der Waals surface area contributed by atoms with Crippen molar-refractivity contribution in [2.24, 2.45) is 5.92 Å². The lowest BCUT2D eigenvalue weighted by molar-refractivity contribution is -0.148. The second kappa shape index (κ2) is 7.74. The number of benzene rings is 2. The Morgan fingerprint density at radius 3 is 2.54 bits per heavy atom. The van der Waals surface area contributed by atoms with E-state index in [1.54, 1.807) is 23.1 Å². The van der Waals surface area contributed by atoms with Crippen LogP contribution in [0.2, 0.25) is 0 Å². The van der Waals surface area contributed by atoms with Crippen LogP contribution in [-0.2, 0) is 22.6 Å². The molecule has 146 valence electrons. The molecule has 2 aliphatic rings. The lowest BCUT2D eigenvalue weighted by Crippen LogP contribution is -2.50. The van der Waals surface area contributed by atoms with Crippen molar-refractivity contribution in [1.29, 1.82) is 0 Å². The summed E-state index contributed by atoms with van der Waals surface area (Å²) in [7, 11) is 0. The standard InChI is InChI=1S/C23H25FN2O2/c1-2-26-21(27)12-11-19(22(26)18-9-5-6-10-20(18)24)23(28)25-14-13-16-7-3-4-8-17(16)15-25/h3-10,19,22H,2,11-15H2,1H3/t19-,22+/m1/s1. The maximum absolute atomic E-state index is 14.6. The zero-order valence-electron chi connectivity index (χ0n) is 16.1. The summed E-state index contributed by atoms with van der Waals surface area (Å²) in [5.41, 5.74) is 2.89. The van der Waals surface area contributed by atoms with E-state index in [0.29, 0.717) is 38.0 Å². The summed E-state index contributed by atoms with van der Waals surface area (Å²) in [5, 5.41) is 0. The van der Waals surface area contributed by atoms with Crippen LogP contribution in [0.1, 0.15) is 42.5 Å². The van der Waals surface area contributed by atoms with Crippen LogP contribution >= 0.6 is 0 Å². The van der Waals surface area contributed by atoms with Gasteiger partial charge in [-0.2, -0.15) is 0 Å². The molecule has 0 radical (unpaired) electrons. The highest BCUT2D eigenvalue weighted by Gasteiger charge is 2.42. The van der Waals surface area contributed by atoms with Gasteiger partial charge in [0, 0.05) is 31.6 Å². The van der Waals surface area contributed by atoms with Crippen molar-refractivity contribution in [3.63, 3.8) is 0 Å².